The average Bonchev–Trinajstić information content (AvgIpc) is 2.87. The summed E-state index contributed by atoms with van der Waals surface area (Å²) < 4.78 is 46.5. The molecule has 1 amide bonds. The summed E-state index contributed by atoms with van der Waals surface area (Å²) in [7, 11) is 0. The summed E-state index contributed by atoms with van der Waals surface area (Å²) in [5, 5.41) is -0.297. The van der Waals surface area contributed by atoms with Crippen molar-refractivity contribution >= 4 is 39.1 Å². The van der Waals surface area contributed by atoms with Crippen LogP contribution in [-0.4, -0.2) is 34.9 Å². The summed E-state index contributed by atoms with van der Waals surface area (Å²) in [5.41, 5.74) is 4.89. The van der Waals surface area contributed by atoms with E-state index in [1.165, 1.54) is 11.8 Å². The fourth-order valence-electron chi connectivity index (χ4n) is 3.05. The molecule has 2 N–H and O–H groups in total. The molecule has 10 heteroatoms. The number of fused-ring (bicyclic) bond motifs is 2. The maximum atomic E-state index is 13.9. The van der Waals surface area contributed by atoms with Gasteiger partial charge >= 0.3 is 12.1 Å². The van der Waals surface area contributed by atoms with Gasteiger partial charge in [-0.15, -0.1) is 11.3 Å². The Morgan fingerprint density at radius 3 is 2.65 bits per heavy atom. The standard InChI is InChI=1S/C16H16F3N3O3S/c1-3-25-15(24)13-12(20)10-11(16(17,18)19)8-6-22(7(2)23)5-4-9(8)21-14(10)26-13/h3-6,20H2,1-2H3. The van der Waals surface area contributed by atoms with Crippen LogP contribution in [0.2, 0.25) is 0 Å². The number of carbonyl (C=O) groups excluding carboxylic acids is 2. The van der Waals surface area contributed by atoms with Crippen LogP contribution < -0.4 is 5.73 Å². The van der Waals surface area contributed by atoms with Gasteiger partial charge in [0.25, 0.3) is 0 Å². The number of alkyl halides is 3. The first-order chi connectivity index (χ1) is 12.1. The van der Waals surface area contributed by atoms with Gasteiger partial charge in [-0.2, -0.15) is 13.2 Å². The second kappa shape index (κ2) is 6.42. The minimum atomic E-state index is -4.70. The molecule has 0 aromatic carbocycles. The van der Waals surface area contributed by atoms with E-state index in [-0.39, 0.29) is 57.5 Å². The number of aromatic nitrogens is 1. The molecule has 0 saturated carbocycles. The molecule has 0 bridgehead atoms. The maximum Gasteiger partial charge on any atom is 0.417 e. The molecule has 2 aromatic rings. The van der Waals surface area contributed by atoms with E-state index in [1.807, 2.05) is 0 Å². The minimum absolute atomic E-state index is 0.0490. The second-order valence-corrected chi connectivity index (χ2v) is 6.84. The first-order valence-electron chi connectivity index (χ1n) is 7.88. The molecule has 0 fully saturated rings. The van der Waals surface area contributed by atoms with Crippen LogP contribution >= 0.6 is 11.3 Å². The number of thiophene rings is 1. The fraction of sp³-hybridized carbons (Fsp3) is 0.438. The first-order valence-corrected chi connectivity index (χ1v) is 8.70. The van der Waals surface area contributed by atoms with Gasteiger partial charge in [0.1, 0.15) is 9.71 Å². The van der Waals surface area contributed by atoms with Gasteiger partial charge in [-0.25, -0.2) is 9.78 Å². The number of hydrogen-bond donors (Lipinski definition) is 1. The molecular weight excluding hydrogens is 371 g/mol. The first kappa shape index (κ1) is 18.4. The molecule has 0 spiro atoms. The number of nitrogens with two attached hydrogens (primary N) is 1. The number of carbonyl (C=O) groups is 2. The van der Waals surface area contributed by atoms with Gasteiger partial charge in [-0.3, -0.25) is 4.79 Å². The number of nitrogen functional groups attached to an aromatic ring is 1. The number of halogens is 3. The van der Waals surface area contributed by atoms with Gasteiger partial charge in [-0.1, -0.05) is 0 Å². The van der Waals surface area contributed by atoms with Gasteiger partial charge in [0, 0.05) is 43.1 Å². The summed E-state index contributed by atoms with van der Waals surface area (Å²) in [6, 6.07) is 0. The fourth-order valence-corrected chi connectivity index (χ4v) is 4.07. The Morgan fingerprint density at radius 1 is 1.38 bits per heavy atom. The maximum absolute atomic E-state index is 13.9. The lowest BCUT2D eigenvalue weighted by Crippen LogP contribution is -2.36. The van der Waals surface area contributed by atoms with E-state index in [1.54, 1.807) is 6.92 Å². The number of esters is 1. The quantitative estimate of drug-likeness (QED) is 0.801. The smallest absolute Gasteiger partial charge is 0.417 e. The van der Waals surface area contributed by atoms with E-state index >= 15 is 0 Å². The molecule has 0 unspecified atom stereocenters. The zero-order chi connectivity index (χ0) is 19.2. The third kappa shape index (κ3) is 2.98. The van der Waals surface area contributed by atoms with Gasteiger partial charge < -0.3 is 15.4 Å². The van der Waals surface area contributed by atoms with Crippen LogP contribution in [0.5, 0.6) is 0 Å². The Labute approximate surface area is 150 Å². The highest BCUT2D eigenvalue weighted by Gasteiger charge is 2.41. The normalized spacial score (nSPS) is 14.4. The molecular formula is C16H16F3N3O3S. The monoisotopic (exact) mass is 387 g/mol. The molecule has 1 aliphatic heterocycles. The third-order valence-corrected chi connectivity index (χ3v) is 5.30. The van der Waals surface area contributed by atoms with Crippen molar-refractivity contribution < 1.29 is 27.5 Å². The number of pyridine rings is 1. The predicted molar refractivity (Wildman–Crippen MR) is 89.8 cm³/mol. The van der Waals surface area contributed by atoms with Crippen molar-refractivity contribution in [1.82, 2.24) is 9.88 Å². The number of nitrogens with zero attached hydrogens (tertiary/aromatic N) is 2. The van der Waals surface area contributed by atoms with E-state index in [0.717, 1.165) is 11.3 Å². The largest absolute Gasteiger partial charge is 0.462 e. The van der Waals surface area contributed by atoms with Crippen molar-refractivity contribution in [2.24, 2.45) is 0 Å². The zero-order valence-electron chi connectivity index (χ0n) is 14.1. The Balaban J connectivity index is 2.29. The number of hydrogen-bond acceptors (Lipinski definition) is 6. The number of rotatable bonds is 2. The molecule has 1 aliphatic rings. The van der Waals surface area contributed by atoms with Gasteiger partial charge in [0.15, 0.2) is 0 Å². The van der Waals surface area contributed by atoms with E-state index in [0.29, 0.717) is 6.54 Å². The number of ether oxygens (including phenoxy) is 1. The topological polar surface area (TPSA) is 85.5 Å². The SMILES string of the molecule is CCOC(=O)c1sc2nc3c(c(C(F)(F)F)c2c1N)CN(C(C)=O)CC3. The number of anilines is 1. The Morgan fingerprint density at radius 2 is 2.08 bits per heavy atom. The van der Waals surface area contributed by atoms with Crippen LogP contribution in [0.3, 0.4) is 0 Å². The molecule has 3 heterocycles. The van der Waals surface area contributed by atoms with Crippen LogP contribution in [0.1, 0.15) is 40.3 Å². The second-order valence-electron chi connectivity index (χ2n) is 5.85. The summed E-state index contributed by atoms with van der Waals surface area (Å²) in [6.45, 7) is 3.09. The summed E-state index contributed by atoms with van der Waals surface area (Å²) in [6.07, 6.45) is -4.49. The molecule has 3 rings (SSSR count). The van der Waals surface area contributed by atoms with Crippen molar-refractivity contribution in [3.8, 4) is 0 Å². The van der Waals surface area contributed by atoms with Crippen LogP contribution in [0.4, 0.5) is 18.9 Å². The Kier molecular flexibility index (Phi) is 4.55. The molecule has 0 atom stereocenters. The molecule has 0 saturated heterocycles. The van der Waals surface area contributed by atoms with Crippen LogP contribution in [-0.2, 0) is 28.7 Å². The van der Waals surface area contributed by atoms with E-state index in [4.69, 9.17) is 10.5 Å². The highest BCUT2D eigenvalue weighted by molar-refractivity contribution is 7.21. The van der Waals surface area contributed by atoms with Gasteiger partial charge in [0.05, 0.1) is 17.9 Å². The van der Waals surface area contributed by atoms with Crippen molar-refractivity contribution in [2.45, 2.75) is 33.0 Å². The van der Waals surface area contributed by atoms with E-state index < -0.39 is 17.7 Å². The molecule has 6 nitrogen and oxygen atoms in total. The van der Waals surface area contributed by atoms with Gasteiger partial charge in [-0.05, 0) is 6.92 Å². The highest BCUT2D eigenvalue weighted by atomic mass is 32.1. The Hall–Kier alpha value is -2.36. The van der Waals surface area contributed by atoms with E-state index in [2.05, 4.69) is 4.98 Å². The molecule has 26 heavy (non-hydrogen) atoms. The molecule has 2 aromatic heterocycles. The number of amides is 1. The molecule has 0 aliphatic carbocycles. The summed E-state index contributed by atoms with van der Waals surface area (Å²) in [5.74, 6) is -1.08. The molecule has 0 radical (unpaired) electrons. The summed E-state index contributed by atoms with van der Waals surface area (Å²) >= 11 is 0.791. The average molecular weight is 387 g/mol. The Bertz CT molecular complexity index is 908. The minimum Gasteiger partial charge on any atom is -0.462 e. The molecule has 140 valence electrons. The lowest BCUT2D eigenvalue weighted by atomic mass is 9.96. The van der Waals surface area contributed by atoms with Crippen LogP contribution in [0.25, 0.3) is 10.2 Å². The van der Waals surface area contributed by atoms with Crippen molar-refractivity contribution in [3.05, 3.63) is 21.7 Å². The van der Waals surface area contributed by atoms with Crippen molar-refractivity contribution in [3.63, 3.8) is 0 Å². The van der Waals surface area contributed by atoms with Crippen molar-refractivity contribution in [2.75, 3.05) is 18.9 Å². The van der Waals surface area contributed by atoms with Crippen LogP contribution in [0.15, 0.2) is 0 Å². The van der Waals surface area contributed by atoms with Crippen molar-refractivity contribution in [1.29, 1.82) is 0 Å². The highest BCUT2D eigenvalue weighted by Crippen LogP contribution is 2.45. The summed E-state index contributed by atoms with van der Waals surface area (Å²) in [4.78, 5) is 29.2. The predicted octanol–water partition coefficient (Wildman–Crippen LogP) is 2.98. The van der Waals surface area contributed by atoms with E-state index in [9.17, 15) is 22.8 Å². The lowest BCUT2D eigenvalue weighted by molar-refractivity contribution is -0.138. The zero-order valence-corrected chi connectivity index (χ0v) is 14.9. The van der Waals surface area contributed by atoms with Gasteiger partial charge in [0.2, 0.25) is 5.91 Å². The lowest BCUT2D eigenvalue weighted by Gasteiger charge is -2.29. The third-order valence-electron chi connectivity index (χ3n) is 4.22. The van der Waals surface area contributed by atoms with Crippen LogP contribution in [0, 0.1) is 0 Å².